The second kappa shape index (κ2) is 9.59. The third kappa shape index (κ3) is 7.89. The molecule has 1 rings (SSSR count). The van der Waals surface area contributed by atoms with E-state index in [1.165, 1.54) is 16.7 Å². The molecule has 0 atom stereocenters. The lowest BCUT2D eigenvalue weighted by molar-refractivity contribution is -0.127. The van der Waals surface area contributed by atoms with Gasteiger partial charge in [-0.25, -0.2) is 0 Å². The highest BCUT2D eigenvalue weighted by atomic mass is 16.2. The van der Waals surface area contributed by atoms with Crippen molar-refractivity contribution >= 4 is 5.91 Å². The van der Waals surface area contributed by atoms with Gasteiger partial charge in [-0.1, -0.05) is 34.9 Å². The van der Waals surface area contributed by atoms with E-state index in [2.05, 4.69) is 45.9 Å². The van der Waals surface area contributed by atoms with E-state index in [1.54, 1.807) is 0 Å². The number of allylic oxidation sites excluding steroid dienone is 5. The van der Waals surface area contributed by atoms with Crippen molar-refractivity contribution in [1.29, 1.82) is 0 Å². The molecule has 0 unspecified atom stereocenters. The zero-order valence-electron chi connectivity index (χ0n) is 14.2. The molecule has 1 aliphatic heterocycles. The van der Waals surface area contributed by atoms with Gasteiger partial charge in [-0.3, -0.25) is 4.79 Å². The summed E-state index contributed by atoms with van der Waals surface area (Å²) < 4.78 is 0. The van der Waals surface area contributed by atoms with Gasteiger partial charge in [0.2, 0.25) is 5.91 Å². The number of carbonyl (C=O) groups is 1. The van der Waals surface area contributed by atoms with E-state index in [0.29, 0.717) is 5.91 Å². The molecule has 1 saturated heterocycles. The highest BCUT2D eigenvalue weighted by molar-refractivity contribution is 5.78. The highest BCUT2D eigenvalue weighted by Gasteiger charge is 2.18. The minimum atomic E-state index is 0.314. The molecule has 0 spiro atoms. The van der Waals surface area contributed by atoms with Gasteiger partial charge < -0.3 is 4.90 Å². The lowest BCUT2D eigenvalue weighted by Crippen LogP contribution is -2.24. The Morgan fingerprint density at radius 2 is 1.62 bits per heavy atom. The number of likely N-dealkylation sites (tertiary alicyclic amines) is 1. The Morgan fingerprint density at radius 3 is 2.19 bits per heavy atom. The van der Waals surface area contributed by atoms with Gasteiger partial charge in [0.15, 0.2) is 0 Å². The average molecular weight is 289 g/mol. The number of hydrogen-bond acceptors (Lipinski definition) is 1. The van der Waals surface area contributed by atoms with Crippen molar-refractivity contribution in [2.24, 2.45) is 0 Å². The summed E-state index contributed by atoms with van der Waals surface area (Å²) >= 11 is 0. The zero-order valence-corrected chi connectivity index (χ0v) is 14.2. The monoisotopic (exact) mass is 289 g/mol. The summed E-state index contributed by atoms with van der Waals surface area (Å²) in [4.78, 5) is 13.5. The largest absolute Gasteiger partial charge is 0.339 e. The molecule has 2 heteroatoms. The molecule has 0 aromatic heterocycles. The third-order valence-corrected chi connectivity index (χ3v) is 3.95. The lowest BCUT2D eigenvalue weighted by Gasteiger charge is -2.13. The summed E-state index contributed by atoms with van der Waals surface area (Å²) in [5.41, 5.74) is 4.27. The zero-order chi connectivity index (χ0) is 15.7. The van der Waals surface area contributed by atoms with Crippen LogP contribution >= 0.6 is 0 Å². The highest BCUT2D eigenvalue weighted by Crippen LogP contribution is 2.13. The number of hydrogen-bond donors (Lipinski definition) is 0. The van der Waals surface area contributed by atoms with Crippen molar-refractivity contribution in [2.45, 2.75) is 66.2 Å². The maximum absolute atomic E-state index is 11.5. The van der Waals surface area contributed by atoms with Crippen molar-refractivity contribution < 1.29 is 4.79 Å². The van der Waals surface area contributed by atoms with Gasteiger partial charge in [-0.05, 0) is 59.8 Å². The summed E-state index contributed by atoms with van der Waals surface area (Å²) in [6.45, 7) is 10.4. The molecular formula is C19H31NO. The van der Waals surface area contributed by atoms with Crippen LogP contribution in [0.2, 0.25) is 0 Å². The van der Waals surface area contributed by atoms with Crippen molar-refractivity contribution in [3.63, 3.8) is 0 Å². The Balaban J connectivity index is 2.23. The maximum atomic E-state index is 11.5. The Kier molecular flexibility index (Phi) is 8.11. The second-order valence-electron chi connectivity index (χ2n) is 6.40. The first kappa shape index (κ1) is 17.7. The molecule has 0 bridgehead atoms. The molecule has 1 aliphatic rings. The summed E-state index contributed by atoms with van der Waals surface area (Å²) in [6, 6.07) is 0. The molecule has 21 heavy (non-hydrogen) atoms. The fraction of sp³-hybridized carbons (Fsp3) is 0.632. The van der Waals surface area contributed by atoms with Crippen molar-refractivity contribution in [3.8, 4) is 0 Å². The molecule has 1 amide bonds. The van der Waals surface area contributed by atoms with Gasteiger partial charge in [-0.15, -0.1) is 0 Å². The molecule has 0 aromatic rings. The molecule has 0 aromatic carbocycles. The molecule has 1 heterocycles. The van der Waals surface area contributed by atoms with Crippen LogP contribution in [0.25, 0.3) is 0 Å². The van der Waals surface area contributed by atoms with Crippen LogP contribution in [-0.2, 0) is 4.79 Å². The van der Waals surface area contributed by atoms with Gasteiger partial charge >= 0.3 is 0 Å². The van der Waals surface area contributed by atoms with Crippen LogP contribution in [0.3, 0.4) is 0 Å². The Morgan fingerprint density at radius 1 is 1.00 bits per heavy atom. The smallest absolute Gasteiger partial charge is 0.222 e. The quantitative estimate of drug-likeness (QED) is 0.574. The molecule has 118 valence electrons. The van der Waals surface area contributed by atoms with Gasteiger partial charge in [-0.2, -0.15) is 0 Å². The van der Waals surface area contributed by atoms with E-state index in [9.17, 15) is 4.79 Å². The van der Waals surface area contributed by atoms with Crippen LogP contribution in [0.4, 0.5) is 0 Å². The number of amides is 1. The van der Waals surface area contributed by atoms with Crippen LogP contribution in [0.15, 0.2) is 34.9 Å². The topological polar surface area (TPSA) is 20.3 Å². The van der Waals surface area contributed by atoms with E-state index in [4.69, 9.17) is 0 Å². The summed E-state index contributed by atoms with van der Waals surface area (Å²) in [5, 5.41) is 0. The Hall–Kier alpha value is -1.31. The molecule has 0 saturated carbocycles. The van der Waals surface area contributed by atoms with Crippen molar-refractivity contribution in [3.05, 3.63) is 34.9 Å². The van der Waals surface area contributed by atoms with E-state index >= 15 is 0 Å². The first-order chi connectivity index (χ1) is 9.99. The van der Waals surface area contributed by atoms with Gasteiger partial charge in [0.1, 0.15) is 0 Å². The van der Waals surface area contributed by atoms with Crippen molar-refractivity contribution in [1.82, 2.24) is 4.90 Å². The second-order valence-corrected chi connectivity index (χ2v) is 6.40. The SMILES string of the molecule is CC(C)=CCCC(C)=CCCC(C)=CCN1CCCC1=O. The molecule has 0 N–H and O–H groups in total. The molecule has 1 fully saturated rings. The first-order valence-electron chi connectivity index (χ1n) is 8.21. The number of carbonyl (C=O) groups excluding carboxylic acids is 1. The fourth-order valence-corrected chi connectivity index (χ4v) is 2.50. The fourth-order valence-electron chi connectivity index (χ4n) is 2.50. The van der Waals surface area contributed by atoms with Crippen LogP contribution in [0, 0.1) is 0 Å². The van der Waals surface area contributed by atoms with Crippen LogP contribution in [-0.4, -0.2) is 23.9 Å². The van der Waals surface area contributed by atoms with E-state index in [1.807, 2.05) is 4.90 Å². The number of nitrogens with zero attached hydrogens (tertiary/aromatic N) is 1. The normalized spacial score (nSPS) is 16.6. The van der Waals surface area contributed by atoms with Crippen molar-refractivity contribution in [2.75, 3.05) is 13.1 Å². The third-order valence-electron chi connectivity index (χ3n) is 3.95. The summed E-state index contributed by atoms with van der Waals surface area (Å²) in [7, 11) is 0. The summed E-state index contributed by atoms with van der Waals surface area (Å²) in [6.07, 6.45) is 13.2. The average Bonchev–Trinajstić information content (AvgIpc) is 2.81. The van der Waals surface area contributed by atoms with Crippen LogP contribution in [0.1, 0.15) is 66.2 Å². The first-order valence-corrected chi connectivity index (χ1v) is 8.21. The lowest BCUT2D eigenvalue weighted by atomic mass is 10.1. The molecule has 0 aliphatic carbocycles. The van der Waals surface area contributed by atoms with Crippen LogP contribution in [0.5, 0.6) is 0 Å². The van der Waals surface area contributed by atoms with E-state index in [-0.39, 0.29) is 0 Å². The van der Waals surface area contributed by atoms with E-state index < -0.39 is 0 Å². The Bertz CT molecular complexity index is 425. The van der Waals surface area contributed by atoms with Gasteiger partial charge in [0.25, 0.3) is 0 Å². The summed E-state index contributed by atoms with van der Waals surface area (Å²) in [5.74, 6) is 0.314. The maximum Gasteiger partial charge on any atom is 0.222 e. The number of rotatable bonds is 8. The minimum Gasteiger partial charge on any atom is -0.339 e. The van der Waals surface area contributed by atoms with Crippen LogP contribution < -0.4 is 0 Å². The van der Waals surface area contributed by atoms with Gasteiger partial charge in [0.05, 0.1) is 0 Å². The predicted octanol–water partition coefficient (Wildman–Crippen LogP) is 5.03. The molecular weight excluding hydrogens is 258 g/mol. The molecule has 2 nitrogen and oxygen atoms in total. The predicted molar refractivity (Wildman–Crippen MR) is 91.2 cm³/mol. The van der Waals surface area contributed by atoms with Gasteiger partial charge in [0, 0.05) is 19.5 Å². The minimum absolute atomic E-state index is 0.314. The van der Waals surface area contributed by atoms with E-state index in [0.717, 1.165) is 51.6 Å². The Labute approximate surface area is 130 Å². The molecule has 0 radical (unpaired) electrons. The standard InChI is InChI=1S/C19H31NO/c1-16(2)8-5-9-17(3)10-6-11-18(4)13-15-20-14-7-12-19(20)21/h8,10,13H,5-7,9,11-12,14-15H2,1-4H3.